The summed E-state index contributed by atoms with van der Waals surface area (Å²) >= 11 is 0. The number of aromatic nitrogens is 3. The number of ether oxygens (including phenoxy) is 1. The molecule has 5 nitrogen and oxygen atoms in total. The van der Waals surface area contributed by atoms with Crippen LogP contribution in [-0.2, 0) is 11.8 Å². The van der Waals surface area contributed by atoms with E-state index < -0.39 is 0 Å². The van der Waals surface area contributed by atoms with Gasteiger partial charge in [0.25, 0.3) is 0 Å². The Labute approximate surface area is 99.1 Å². The van der Waals surface area contributed by atoms with Crippen molar-refractivity contribution in [3.63, 3.8) is 0 Å². The molecular weight excluding hydrogens is 218 g/mol. The van der Waals surface area contributed by atoms with Crippen molar-refractivity contribution >= 4 is 5.97 Å². The van der Waals surface area contributed by atoms with Gasteiger partial charge in [0.1, 0.15) is 6.33 Å². The number of hydrogen-bond acceptors (Lipinski definition) is 4. The minimum atomic E-state index is -0.359. The molecule has 0 aliphatic rings. The number of esters is 1. The average molecular weight is 231 g/mol. The summed E-state index contributed by atoms with van der Waals surface area (Å²) in [6, 6.07) is 5.34. The summed E-state index contributed by atoms with van der Waals surface area (Å²) < 4.78 is 6.31. The Kier molecular flexibility index (Phi) is 2.91. The van der Waals surface area contributed by atoms with Gasteiger partial charge in [-0.05, 0) is 24.6 Å². The maximum absolute atomic E-state index is 11.4. The minimum absolute atomic E-state index is 0.359. The monoisotopic (exact) mass is 231 g/mol. The van der Waals surface area contributed by atoms with Crippen molar-refractivity contribution in [2.24, 2.45) is 7.05 Å². The second-order valence-corrected chi connectivity index (χ2v) is 3.76. The van der Waals surface area contributed by atoms with Crippen LogP contribution in [0.5, 0.6) is 0 Å². The van der Waals surface area contributed by atoms with Gasteiger partial charge in [0.15, 0.2) is 5.82 Å². The van der Waals surface area contributed by atoms with E-state index in [1.54, 1.807) is 30.2 Å². The van der Waals surface area contributed by atoms with Gasteiger partial charge in [0.2, 0.25) is 0 Å². The van der Waals surface area contributed by atoms with Crippen molar-refractivity contribution in [1.82, 2.24) is 14.8 Å². The number of aryl methyl sites for hydroxylation is 2. The smallest absolute Gasteiger partial charge is 0.337 e. The van der Waals surface area contributed by atoms with E-state index in [2.05, 4.69) is 14.8 Å². The lowest BCUT2D eigenvalue weighted by Crippen LogP contribution is -2.02. The Bertz CT molecular complexity index is 561. The normalized spacial score (nSPS) is 10.3. The van der Waals surface area contributed by atoms with Crippen LogP contribution in [0.25, 0.3) is 11.4 Å². The highest BCUT2D eigenvalue weighted by Crippen LogP contribution is 2.21. The van der Waals surface area contributed by atoms with Crippen LogP contribution in [0.15, 0.2) is 24.5 Å². The molecule has 88 valence electrons. The summed E-state index contributed by atoms with van der Waals surface area (Å²) in [4.78, 5) is 15.6. The summed E-state index contributed by atoms with van der Waals surface area (Å²) in [5.74, 6) is 0.248. The zero-order valence-electron chi connectivity index (χ0n) is 9.97. The van der Waals surface area contributed by atoms with Gasteiger partial charge in [-0.1, -0.05) is 6.07 Å². The topological polar surface area (TPSA) is 57.0 Å². The van der Waals surface area contributed by atoms with Gasteiger partial charge >= 0.3 is 5.97 Å². The summed E-state index contributed by atoms with van der Waals surface area (Å²) in [6.45, 7) is 1.95. The third-order valence-electron chi connectivity index (χ3n) is 2.50. The predicted molar refractivity (Wildman–Crippen MR) is 62.5 cm³/mol. The largest absolute Gasteiger partial charge is 0.465 e. The Morgan fingerprint density at radius 2 is 2.18 bits per heavy atom. The van der Waals surface area contributed by atoms with Gasteiger partial charge < -0.3 is 4.74 Å². The third-order valence-corrected chi connectivity index (χ3v) is 2.50. The molecule has 2 aromatic rings. The number of benzene rings is 1. The van der Waals surface area contributed by atoms with Crippen LogP contribution in [0.3, 0.4) is 0 Å². The highest BCUT2D eigenvalue weighted by Gasteiger charge is 2.11. The second-order valence-electron chi connectivity index (χ2n) is 3.76. The molecule has 2 rings (SSSR count). The molecule has 0 N–H and O–H groups in total. The molecule has 0 bridgehead atoms. The Hall–Kier alpha value is -2.17. The molecule has 0 fully saturated rings. The van der Waals surface area contributed by atoms with Crippen molar-refractivity contribution in [3.05, 3.63) is 35.7 Å². The Morgan fingerprint density at radius 3 is 2.76 bits per heavy atom. The van der Waals surface area contributed by atoms with Gasteiger partial charge in [-0.3, -0.25) is 4.68 Å². The molecule has 1 aromatic carbocycles. The van der Waals surface area contributed by atoms with E-state index >= 15 is 0 Å². The van der Waals surface area contributed by atoms with Crippen LogP contribution in [0.1, 0.15) is 15.9 Å². The molecule has 17 heavy (non-hydrogen) atoms. The van der Waals surface area contributed by atoms with E-state index in [-0.39, 0.29) is 5.97 Å². The highest BCUT2D eigenvalue weighted by atomic mass is 16.5. The highest BCUT2D eigenvalue weighted by molar-refractivity contribution is 5.91. The quantitative estimate of drug-likeness (QED) is 0.736. The molecule has 5 heteroatoms. The Morgan fingerprint density at radius 1 is 1.41 bits per heavy atom. The van der Waals surface area contributed by atoms with E-state index in [0.29, 0.717) is 11.4 Å². The van der Waals surface area contributed by atoms with E-state index in [9.17, 15) is 4.79 Å². The van der Waals surface area contributed by atoms with Crippen LogP contribution < -0.4 is 0 Å². The zero-order chi connectivity index (χ0) is 12.4. The van der Waals surface area contributed by atoms with Gasteiger partial charge in [0, 0.05) is 12.6 Å². The average Bonchev–Trinajstić information content (AvgIpc) is 2.75. The zero-order valence-corrected chi connectivity index (χ0v) is 9.97. The first-order chi connectivity index (χ1) is 8.11. The van der Waals surface area contributed by atoms with Crippen molar-refractivity contribution in [1.29, 1.82) is 0 Å². The number of carbonyl (C=O) groups is 1. The predicted octanol–water partition coefficient (Wildman–Crippen LogP) is 1.58. The first-order valence-electron chi connectivity index (χ1n) is 5.17. The standard InChI is InChI=1S/C12H13N3O2/c1-8-4-5-9(12(16)17-3)6-10(8)11-13-7-15(2)14-11/h4-7H,1-3H3. The minimum Gasteiger partial charge on any atom is -0.465 e. The molecule has 0 aliphatic carbocycles. The van der Waals surface area contributed by atoms with Crippen LogP contribution in [-0.4, -0.2) is 27.8 Å². The van der Waals surface area contributed by atoms with Gasteiger partial charge in [-0.2, -0.15) is 5.10 Å². The fourth-order valence-electron chi connectivity index (χ4n) is 1.57. The molecule has 0 saturated carbocycles. The number of carbonyl (C=O) groups excluding carboxylic acids is 1. The molecular formula is C12H13N3O2. The SMILES string of the molecule is COC(=O)c1ccc(C)c(-c2ncn(C)n2)c1. The van der Waals surface area contributed by atoms with Crippen LogP contribution >= 0.6 is 0 Å². The fourth-order valence-corrected chi connectivity index (χ4v) is 1.57. The lowest BCUT2D eigenvalue weighted by atomic mass is 10.0. The van der Waals surface area contributed by atoms with Crippen LogP contribution in [0.4, 0.5) is 0 Å². The fraction of sp³-hybridized carbons (Fsp3) is 0.250. The first kappa shape index (κ1) is 11.3. The second kappa shape index (κ2) is 4.37. The Balaban J connectivity index is 2.49. The van der Waals surface area contributed by atoms with Crippen molar-refractivity contribution in [3.8, 4) is 11.4 Å². The molecule has 0 spiro atoms. The van der Waals surface area contributed by atoms with Crippen molar-refractivity contribution in [2.45, 2.75) is 6.92 Å². The maximum Gasteiger partial charge on any atom is 0.337 e. The van der Waals surface area contributed by atoms with E-state index in [0.717, 1.165) is 11.1 Å². The molecule has 0 unspecified atom stereocenters. The number of hydrogen-bond donors (Lipinski definition) is 0. The summed E-state index contributed by atoms with van der Waals surface area (Å²) in [7, 11) is 3.16. The van der Waals surface area contributed by atoms with E-state index in [1.165, 1.54) is 7.11 Å². The third kappa shape index (κ3) is 2.18. The number of rotatable bonds is 2. The van der Waals surface area contributed by atoms with Gasteiger partial charge in [0.05, 0.1) is 12.7 Å². The first-order valence-corrected chi connectivity index (χ1v) is 5.17. The van der Waals surface area contributed by atoms with E-state index in [4.69, 9.17) is 0 Å². The number of nitrogens with zero attached hydrogens (tertiary/aromatic N) is 3. The summed E-state index contributed by atoms with van der Waals surface area (Å²) in [5.41, 5.74) is 2.36. The summed E-state index contributed by atoms with van der Waals surface area (Å²) in [6.07, 6.45) is 1.62. The van der Waals surface area contributed by atoms with Crippen molar-refractivity contribution < 1.29 is 9.53 Å². The molecule has 0 aliphatic heterocycles. The molecule has 0 atom stereocenters. The van der Waals surface area contributed by atoms with Crippen LogP contribution in [0.2, 0.25) is 0 Å². The number of methoxy groups -OCH3 is 1. The van der Waals surface area contributed by atoms with E-state index in [1.807, 2.05) is 13.0 Å². The molecule has 0 amide bonds. The molecule has 0 saturated heterocycles. The van der Waals surface area contributed by atoms with Gasteiger partial charge in [-0.25, -0.2) is 9.78 Å². The van der Waals surface area contributed by atoms with Crippen molar-refractivity contribution in [2.75, 3.05) is 7.11 Å². The molecule has 0 radical (unpaired) electrons. The lowest BCUT2D eigenvalue weighted by Gasteiger charge is -2.04. The molecule has 1 heterocycles. The summed E-state index contributed by atoms with van der Waals surface area (Å²) in [5, 5.41) is 4.22. The van der Waals surface area contributed by atoms with Gasteiger partial charge in [-0.15, -0.1) is 0 Å². The van der Waals surface area contributed by atoms with Crippen LogP contribution in [0, 0.1) is 6.92 Å². The molecule has 1 aromatic heterocycles. The maximum atomic E-state index is 11.4. The lowest BCUT2D eigenvalue weighted by molar-refractivity contribution is 0.0601.